The minimum atomic E-state index is -0.601. The second kappa shape index (κ2) is 12.4. The summed E-state index contributed by atoms with van der Waals surface area (Å²) >= 11 is 0. The van der Waals surface area contributed by atoms with Crippen molar-refractivity contribution >= 4 is 17.7 Å². The minimum absolute atomic E-state index is 0.175. The lowest BCUT2D eigenvalue weighted by Crippen LogP contribution is -2.52. The maximum absolute atomic E-state index is 12.7. The van der Waals surface area contributed by atoms with Crippen molar-refractivity contribution in [2.75, 3.05) is 19.8 Å². The Hall–Kier alpha value is -2.69. The van der Waals surface area contributed by atoms with E-state index < -0.39 is 11.9 Å². The van der Waals surface area contributed by atoms with Gasteiger partial charge >= 0.3 is 0 Å². The Labute approximate surface area is 189 Å². The van der Waals surface area contributed by atoms with Gasteiger partial charge in [0.2, 0.25) is 11.8 Å². The molecule has 1 atom stereocenters. The summed E-state index contributed by atoms with van der Waals surface area (Å²) < 4.78 is 5.59. The SMILES string of the molecule is O=C1CCC(N2Cc3cc(C#CCOCCCCCCCCCO)ccc3C2=O)C(=O)N1. The van der Waals surface area contributed by atoms with Crippen LogP contribution in [0.5, 0.6) is 0 Å². The van der Waals surface area contributed by atoms with Crippen LogP contribution in [0, 0.1) is 11.8 Å². The van der Waals surface area contributed by atoms with Gasteiger partial charge in [0.1, 0.15) is 12.6 Å². The monoisotopic (exact) mass is 440 g/mol. The van der Waals surface area contributed by atoms with Gasteiger partial charge in [0.15, 0.2) is 0 Å². The number of nitrogens with one attached hydrogen (secondary N) is 1. The summed E-state index contributed by atoms with van der Waals surface area (Å²) in [6.45, 7) is 1.71. The predicted molar refractivity (Wildman–Crippen MR) is 120 cm³/mol. The van der Waals surface area contributed by atoms with E-state index in [0.29, 0.717) is 38.3 Å². The van der Waals surface area contributed by atoms with Crippen molar-refractivity contribution in [3.8, 4) is 11.8 Å². The van der Waals surface area contributed by atoms with Crippen molar-refractivity contribution in [3.63, 3.8) is 0 Å². The molecule has 7 heteroatoms. The summed E-state index contributed by atoms with van der Waals surface area (Å²) in [5.41, 5.74) is 2.26. The number of imide groups is 1. The van der Waals surface area contributed by atoms with Gasteiger partial charge in [-0.25, -0.2) is 0 Å². The molecule has 0 spiro atoms. The van der Waals surface area contributed by atoms with Crippen molar-refractivity contribution in [3.05, 3.63) is 34.9 Å². The molecule has 2 N–H and O–H groups in total. The number of fused-ring (bicyclic) bond motifs is 1. The number of rotatable bonds is 11. The zero-order valence-electron chi connectivity index (χ0n) is 18.5. The second-order valence-electron chi connectivity index (χ2n) is 8.32. The molecule has 2 aliphatic rings. The van der Waals surface area contributed by atoms with E-state index in [1.165, 1.54) is 19.3 Å². The topological polar surface area (TPSA) is 95.9 Å². The van der Waals surface area contributed by atoms with Gasteiger partial charge in [-0.15, -0.1) is 0 Å². The molecule has 0 bridgehead atoms. The lowest BCUT2D eigenvalue weighted by Gasteiger charge is -2.29. The van der Waals surface area contributed by atoms with E-state index in [2.05, 4.69) is 17.2 Å². The highest BCUT2D eigenvalue weighted by molar-refractivity contribution is 6.05. The van der Waals surface area contributed by atoms with Gasteiger partial charge in [0.05, 0.1) is 0 Å². The summed E-state index contributed by atoms with van der Waals surface area (Å²) in [7, 11) is 0. The molecule has 1 aromatic rings. The zero-order chi connectivity index (χ0) is 22.8. The van der Waals surface area contributed by atoms with Crippen LogP contribution in [0.2, 0.25) is 0 Å². The van der Waals surface area contributed by atoms with Crippen molar-refractivity contribution in [2.45, 2.75) is 70.4 Å². The Morgan fingerprint density at radius 2 is 1.81 bits per heavy atom. The highest BCUT2D eigenvalue weighted by Crippen LogP contribution is 2.28. The minimum Gasteiger partial charge on any atom is -0.396 e. The molecule has 0 radical (unpaired) electrons. The summed E-state index contributed by atoms with van der Waals surface area (Å²) in [4.78, 5) is 37.7. The molecule has 1 aromatic carbocycles. The van der Waals surface area contributed by atoms with Gasteiger partial charge in [-0.2, -0.15) is 0 Å². The number of carbonyl (C=O) groups excluding carboxylic acids is 3. The highest BCUT2D eigenvalue weighted by atomic mass is 16.5. The van der Waals surface area contributed by atoms with E-state index in [0.717, 1.165) is 36.8 Å². The molecular formula is C25H32N2O5. The second-order valence-corrected chi connectivity index (χ2v) is 8.32. The maximum atomic E-state index is 12.7. The van der Waals surface area contributed by atoms with Gasteiger partial charge in [0.25, 0.3) is 5.91 Å². The Kier molecular flexibility index (Phi) is 9.27. The number of aliphatic hydroxyl groups excluding tert-OH is 1. The van der Waals surface area contributed by atoms with Gasteiger partial charge in [-0.1, -0.05) is 43.9 Å². The lowest BCUT2D eigenvalue weighted by molar-refractivity contribution is -0.136. The lowest BCUT2D eigenvalue weighted by atomic mass is 10.0. The van der Waals surface area contributed by atoms with Gasteiger partial charge < -0.3 is 14.7 Å². The fourth-order valence-corrected chi connectivity index (χ4v) is 4.11. The molecule has 7 nitrogen and oxygen atoms in total. The molecule has 2 heterocycles. The van der Waals surface area contributed by atoms with Crippen LogP contribution in [0.4, 0.5) is 0 Å². The van der Waals surface area contributed by atoms with Crippen LogP contribution < -0.4 is 5.32 Å². The smallest absolute Gasteiger partial charge is 0.255 e. The predicted octanol–water partition coefficient (Wildman–Crippen LogP) is 2.54. The number of hydrogen-bond donors (Lipinski definition) is 2. The number of ether oxygens (including phenoxy) is 1. The molecule has 2 aliphatic heterocycles. The van der Waals surface area contributed by atoms with Crippen molar-refractivity contribution in [1.82, 2.24) is 10.2 Å². The first-order chi connectivity index (χ1) is 15.6. The van der Waals surface area contributed by atoms with E-state index >= 15 is 0 Å². The molecule has 0 aromatic heterocycles. The third-order valence-corrected chi connectivity index (χ3v) is 5.88. The molecule has 3 rings (SSSR count). The first-order valence-corrected chi connectivity index (χ1v) is 11.5. The Bertz CT molecular complexity index is 886. The van der Waals surface area contributed by atoms with E-state index in [1.807, 2.05) is 12.1 Å². The van der Waals surface area contributed by atoms with Crippen molar-refractivity contribution < 1.29 is 24.2 Å². The summed E-state index contributed by atoms with van der Waals surface area (Å²) in [6, 6.07) is 4.86. The molecule has 1 unspecified atom stereocenters. The zero-order valence-corrected chi connectivity index (χ0v) is 18.5. The number of hydrogen-bond acceptors (Lipinski definition) is 5. The fraction of sp³-hybridized carbons (Fsp3) is 0.560. The summed E-state index contributed by atoms with van der Waals surface area (Å²) in [5, 5.41) is 11.1. The van der Waals surface area contributed by atoms with Gasteiger partial charge in [0, 0.05) is 37.3 Å². The number of amides is 3. The Morgan fingerprint density at radius 3 is 2.56 bits per heavy atom. The van der Waals surface area contributed by atoms with Gasteiger partial charge in [-0.05, 0) is 43.0 Å². The molecule has 0 aliphatic carbocycles. The van der Waals surface area contributed by atoms with Crippen molar-refractivity contribution in [1.29, 1.82) is 0 Å². The van der Waals surface area contributed by atoms with Crippen molar-refractivity contribution in [2.24, 2.45) is 0 Å². The fourth-order valence-electron chi connectivity index (χ4n) is 4.11. The molecule has 0 saturated carbocycles. The highest BCUT2D eigenvalue weighted by Gasteiger charge is 2.38. The molecule has 3 amide bonds. The maximum Gasteiger partial charge on any atom is 0.255 e. The van der Waals surface area contributed by atoms with Crippen LogP contribution in [0.15, 0.2) is 18.2 Å². The average molecular weight is 441 g/mol. The van der Waals surface area contributed by atoms with E-state index in [1.54, 1.807) is 11.0 Å². The van der Waals surface area contributed by atoms with Crippen LogP contribution in [-0.4, -0.2) is 53.6 Å². The standard InChI is InChI=1S/C25H32N2O5/c28-14-6-4-2-1-3-5-7-15-32-16-8-9-19-10-11-21-20(17-19)18-27(25(21)31)22-12-13-23(29)26-24(22)30/h10-11,17,22,28H,1-7,12-16,18H2,(H,26,29,30). The van der Waals surface area contributed by atoms with Crippen LogP contribution in [0.3, 0.4) is 0 Å². The largest absolute Gasteiger partial charge is 0.396 e. The van der Waals surface area contributed by atoms with E-state index in [-0.39, 0.29) is 18.2 Å². The quantitative estimate of drug-likeness (QED) is 0.313. The number of aliphatic hydroxyl groups is 1. The van der Waals surface area contributed by atoms with Crippen LogP contribution in [0.1, 0.15) is 79.3 Å². The third-order valence-electron chi connectivity index (χ3n) is 5.88. The number of piperidine rings is 1. The van der Waals surface area contributed by atoms with Crippen LogP contribution in [-0.2, 0) is 20.9 Å². The van der Waals surface area contributed by atoms with E-state index in [4.69, 9.17) is 9.84 Å². The first kappa shape index (κ1) is 24.0. The first-order valence-electron chi connectivity index (χ1n) is 11.5. The molecule has 32 heavy (non-hydrogen) atoms. The normalized spacial score (nSPS) is 17.7. The van der Waals surface area contributed by atoms with Crippen LogP contribution >= 0.6 is 0 Å². The van der Waals surface area contributed by atoms with E-state index in [9.17, 15) is 14.4 Å². The third kappa shape index (κ3) is 6.65. The summed E-state index contributed by atoms with van der Waals surface area (Å²) in [5.74, 6) is 5.24. The summed E-state index contributed by atoms with van der Waals surface area (Å²) in [6.07, 6.45) is 8.38. The number of benzene rings is 1. The molecule has 172 valence electrons. The Morgan fingerprint density at radius 1 is 1.06 bits per heavy atom. The molecule has 1 saturated heterocycles. The van der Waals surface area contributed by atoms with Gasteiger partial charge in [-0.3, -0.25) is 19.7 Å². The molecule has 1 fully saturated rings. The molecular weight excluding hydrogens is 408 g/mol. The van der Waals surface area contributed by atoms with Crippen LogP contribution in [0.25, 0.3) is 0 Å². The number of nitrogens with zero attached hydrogens (tertiary/aromatic N) is 1. The Balaban J connectivity index is 1.39. The number of carbonyl (C=O) groups is 3. The number of unbranched alkanes of at least 4 members (excludes halogenated alkanes) is 6. The average Bonchev–Trinajstić information content (AvgIpc) is 3.10.